The molecule has 1 atom stereocenters. The van der Waals surface area contributed by atoms with Crippen LogP contribution in [0, 0.1) is 5.92 Å². The summed E-state index contributed by atoms with van der Waals surface area (Å²) in [5.41, 5.74) is 12.3. The Hall–Kier alpha value is -1.33. The Balaban J connectivity index is 2.35. The standard InChI is InChI=1S/C10H13ClN4O/c11-10-9(7(13)1-2-14-10)15-5-6(4-12)3-8(15)16/h1-2,6H,3-5,12H2,(H2,13,14). The lowest BCUT2D eigenvalue weighted by atomic mass is 10.1. The van der Waals surface area contributed by atoms with E-state index < -0.39 is 0 Å². The molecule has 0 radical (unpaired) electrons. The smallest absolute Gasteiger partial charge is 0.227 e. The van der Waals surface area contributed by atoms with Crippen LogP contribution in [0.2, 0.25) is 5.15 Å². The van der Waals surface area contributed by atoms with Crippen molar-refractivity contribution in [3.63, 3.8) is 0 Å². The van der Waals surface area contributed by atoms with E-state index in [1.807, 2.05) is 0 Å². The number of carbonyl (C=O) groups is 1. The first-order valence-corrected chi connectivity index (χ1v) is 5.41. The Labute approximate surface area is 98.4 Å². The molecular formula is C10H13ClN4O. The van der Waals surface area contributed by atoms with Gasteiger partial charge in [0.15, 0.2) is 5.15 Å². The van der Waals surface area contributed by atoms with Gasteiger partial charge in [-0.05, 0) is 18.5 Å². The van der Waals surface area contributed by atoms with Crippen molar-refractivity contribution in [2.45, 2.75) is 6.42 Å². The number of hydrogen-bond donors (Lipinski definition) is 2. The summed E-state index contributed by atoms with van der Waals surface area (Å²) in [4.78, 5) is 17.3. The second-order valence-corrected chi connectivity index (χ2v) is 4.21. The van der Waals surface area contributed by atoms with Crippen molar-refractivity contribution < 1.29 is 4.79 Å². The number of carbonyl (C=O) groups excluding carboxylic acids is 1. The molecule has 1 amide bonds. The Kier molecular flexibility index (Phi) is 2.98. The first-order chi connectivity index (χ1) is 7.63. The molecule has 1 aliphatic rings. The van der Waals surface area contributed by atoms with Crippen molar-refractivity contribution in [2.75, 3.05) is 23.7 Å². The predicted octanol–water partition coefficient (Wildman–Crippen LogP) is 0.629. The largest absolute Gasteiger partial charge is 0.397 e. The highest BCUT2D eigenvalue weighted by Gasteiger charge is 2.32. The van der Waals surface area contributed by atoms with E-state index in [1.165, 1.54) is 6.20 Å². The second kappa shape index (κ2) is 4.27. The monoisotopic (exact) mass is 240 g/mol. The Bertz CT molecular complexity index is 403. The summed E-state index contributed by atoms with van der Waals surface area (Å²) in [5.74, 6) is 0.167. The first-order valence-electron chi connectivity index (χ1n) is 5.04. The Morgan fingerprint density at radius 3 is 2.94 bits per heavy atom. The van der Waals surface area contributed by atoms with Crippen LogP contribution in [-0.4, -0.2) is 24.0 Å². The highest BCUT2D eigenvalue weighted by Crippen LogP contribution is 2.34. The van der Waals surface area contributed by atoms with Crippen LogP contribution in [0.25, 0.3) is 0 Å². The average Bonchev–Trinajstić information content (AvgIpc) is 2.60. The molecule has 1 unspecified atom stereocenters. The zero-order valence-electron chi connectivity index (χ0n) is 8.69. The third kappa shape index (κ3) is 1.83. The van der Waals surface area contributed by atoms with Crippen molar-refractivity contribution in [1.29, 1.82) is 0 Å². The molecule has 0 aliphatic carbocycles. The van der Waals surface area contributed by atoms with Gasteiger partial charge in [0.2, 0.25) is 5.91 Å². The molecule has 86 valence electrons. The molecule has 1 saturated heterocycles. The quantitative estimate of drug-likeness (QED) is 0.743. The minimum atomic E-state index is -0.00273. The third-order valence-electron chi connectivity index (χ3n) is 2.72. The Morgan fingerprint density at radius 2 is 2.38 bits per heavy atom. The highest BCUT2D eigenvalue weighted by atomic mass is 35.5. The maximum Gasteiger partial charge on any atom is 0.227 e. The molecule has 2 rings (SSSR count). The molecule has 1 fully saturated rings. The van der Waals surface area contributed by atoms with Gasteiger partial charge in [-0.3, -0.25) is 4.79 Å². The van der Waals surface area contributed by atoms with E-state index in [-0.39, 0.29) is 17.0 Å². The van der Waals surface area contributed by atoms with Crippen LogP contribution in [0.15, 0.2) is 12.3 Å². The molecule has 1 aliphatic heterocycles. The van der Waals surface area contributed by atoms with Gasteiger partial charge >= 0.3 is 0 Å². The van der Waals surface area contributed by atoms with E-state index in [1.54, 1.807) is 11.0 Å². The minimum absolute atomic E-state index is 0.00273. The first kappa shape index (κ1) is 11.2. The van der Waals surface area contributed by atoms with E-state index in [0.29, 0.717) is 30.9 Å². The van der Waals surface area contributed by atoms with Gasteiger partial charge in [0.1, 0.15) is 5.69 Å². The second-order valence-electron chi connectivity index (χ2n) is 3.85. The number of halogens is 1. The van der Waals surface area contributed by atoms with Gasteiger partial charge in [-0.2, -0.15) is 0 Å². The molecule has 1 aromatic heterocycles. The molecule has 16 heavy (non-hydrogen) atoms. The number of pyridine rings is 1. The maximum atomic E-state index is 11.8. The summed E-state index contributed by atoms with van der Waals surface area (Å²) in [7, 11) is 0. The zero-order valence-corrected chi connectivity index (χ0v) is 9.44. The molecule has 0 saturated carbocycles. The number of nitrogens with zero attached hydrogens (tertiary/aromatic N) is 2. The molecule has 5 nitrogen and oxygen atoms in total. The molecule has 2 heterocycles. The van der Waals surface area contributed by atoms with Crippen LogP contribution in [-0.2, 0) is 4.79 Å². The molecular weight excluding hydrogens is 228 g/mol. The van der Waals surface area contributed by atoms with Gasteiger partial charge in [-0.1, -0.05) is 11.6 Å². The lowest BCUT2D eigenvalue weighted by molar-refractivity contribution is -0.117. The normalized spacial score (nSPS) is 20.5. The summed E-state index contributed by atoms with van der Waals surface area (Å²) in [6, 6.07) is 1.63. The van der Waals surface area contributed by atoms with Crippen LogP contribution < -0.4 is 16.4 Å². The number of aromatic nitrogens is 1. The number of nitrogen functional groups attached to an aromatic ring is 1. The lowest BCUT2D eigenvalue weighted by Crippen LogP contribution is -2.27. The van der Waals surface area contributed by atoms with Crippen LogP contribution >= 0.6 is 11.6 Å². The lowest BCUT2D eigenvalue weighted by Gasteiger charge is -2.19. The van der Waals surface area contributed by atoms with E-state index >= 15 is 0 Å². The van der Waals surface area contributed by atoms with E-state index in [2.05, 4.69) is 4.98 Å². The highest BCUT2D eigenvalue weighted by molar-refractivity contribution is 6.33. The van der Waals surface area contributed by atoms with Gasteiger partial charge in [0.25, 0.3) is 0 Å². The van der Waals surface area contributed by atoms with Crippen LogP contribution in [0.4, 0.5) is 11.4 Å². The molecule has 4 N–H and O–H groups in total. The summed E-state index contributed by atoms with van der Waals surface area (Å²) in [5, 5.41) is 0.256. The molecule has 0 aromatic carbocycles. The topological polar surface area (TPSA) is 85.2 Å². The van der Waals surface area contributed by atoms with Crippen molar-refractivity contribution in [1.82, 2.24) is 4.98 Å². The maximum absolute atomic E-state index is 11.8. The number of amides is 1. The predicted molar refractivity (Wildman–Crippen MR) is 63.2 cm³/mol. The number of rotatable bonds is 2. The van der Waals surface area contributed by atoms with Crippen molar-refractivity contribution in [3.05, 3.63) is 17.4 Å². The fourth-order valence-electron chi connectivity index (χ4n) is 1.86. The SMILES string of the molecule is NCC1CC(=O)N(c2c(N)ccnc2Cl)C1. The van der Waals surface area contributed by atoms with Crippen molar-refractivity contribution in [3.8, 4) is 0 Å². The van der Waals surface area contributed by atoms with Gasteiger partial charge in [0.05, 0.1) is 5.69 Å². The van der Waals surface area contributed by atoms with Crippen molar-refractivity contribution >= 4 is 28.9 Å². The number of nitrogens with two attached hydrogens (primary N) is 2. The number of anilines is 2. The molecule has 1 aromatic rings. The molecule has 0 bridgehead atoms. The molecule has 0 spiro atoms. The third-order valence-corrected chi connectivity index (χ3v) is 3.00. The van der Waals surface area contributed by atoms with Crippen LogP contribution in [0.3, 0.4) is 0 Å². The van der Waals surface area contributed by atoms with Gasteiger partial charge in [-0.15, -0.1) is 0 Å². The summed E-state index contributed by atoms with van der Waals surface area (Å²) in [6.07, 6.45) is 1.96. The zero-order chi connectivity index (χ0) is 11.7. The number of hydrogen-bond acceptors (Lipinski definition) is 4. The van der Waals surface area contributed by atoms with Gasteiger partial charge < -0.3 is 16.4 Å². The fourth-order valence-corrected chi connectivity index (χ4v) is 2.13. The Morgan fingerprint density at radius 1 is 1.62 bits per heavy atom. The van der Waals surface area contributed by atoms with E-state index in [9.17, 15) is 4.79 Å². The summed E-state index contributed by atoms with van der Waals surface area (Å²) >= 11 is 5.95. The van der Waals surface area contributed by atoms with E-state index in [0.717, 1.165) is 0 Å². The van der Waals surface area contributed by atoms with Crippen molar-refractivity contribution in [2.24, 2.45) is 11.7 Å². The van der Waals surface area contributed by atoms with Crippen LogP contribution in [0.5, 0.6) is 0 Å². The summed E-state index contributed by atoms with van der Waals surface area (Å²) in [6.45, 7) is 1.05. The van der Waals surface area contributed by atoms with Crippen LogP contribution in [0.1, 0.15) is 6.42 Å². The summed E-state index contributed by atoms with van der Waals surface area (Å²) < 4.78 is 0. The minimum Gasteiger partial charge on any atom is -0.397 e. The van der Waals surface area contributed by atoms with Gasteiger partial charge in [0, 0.05) is 19.2 Å². The van der Waals surface area contributed by atoms with Gasteiger partial charge in [-0.25, -0.2) is 4.98 Å². The molecule has 6 heteroatoms. The fraction of sp³-hybridized carbons (Fsp3) is 0.400. The van der Waals surface area contributed by atoms with E-state index in [4.69, 9.17) is 23.1 Å². The average molecular weight is 241 g/mol.